The summed E-state index contributed by atoms with van der Waals surface area (Å²) in [5.74, 6) is 0.285. The zero-order valence-electron chi connectivity index (χ0n) is 9.97. The Morgan fingerprint density at radius 2 is 2.12 bits per heavy atom. The predicted octanol–water partition coefficient (Wildman–Crippen LogP) is 1.07. The van der Waals surface area contributed by atoms with Crippen molar-refractivity contribution in [3.8, 4) is 5.75 Å². The Balaban J connectivity index is 2.09. The van der Waals surface area contributed by atoms with Crippen molar-refractivity contribution >= 4 is 5.69 Å². The second-order valence-corrected chi connectivity index (χ2v) is 4.88. The van der Waals surface area contributed by atoms with Gasteiger partial charge in [-0.25, -0.2) is 0 Å². The maximum absolute atomic E-state index is 9.47. The summed E-state index contributed by atoms with van der Waals surface area (Å²) in [6.07, 6.45) is 2.59. The number of nitrogens with zero attached hydrogens (tertiary/aromatic N) is 1. The highest BCUT2D eigenvalue weighted by molar-refractivity contribution is 5.50. The van der Waals surface area contributed by atoms with Crippen LogP contribution in [-0.2, 0) is 0 Å². The number of nitrogens with two attached hydrogens (primary N) is 1. The van der Waals surface area contributed by atoms with Crippen LogP contribution in [0.3, 0.4) is 0 Å². The van der Waals surface area contributed by atoms with Gasteiger partial charge in [0.25, 0.3) is 0 Å². The van der Waals surface area contributed by atoms with Gasteiger partial charge in [0, 0.05) is 30.4 Å². The van der Waals surface area contributed by atoms with Crippen LogP contribution < -0.4 is 10.6 Å². The van der Waals surface area contributed by atoms with Crippen molar-refractivity contribution in [1.82, 2.24) is 0 Å². The monoisotopic (exact) mass is 236 g/mol. The Bertz CT molecular complexity index is 383. The second-order valence-electron chi connectivity index (χ2n) is 4.88. The van der Waals surface area contributed by atoms with Crippen LogP contribution in [0.15, 0.2) is 24.3 Å². The fourth-order valence-corrected chi connectivity index (χ4v) is 2.32. The average Bonchev–Trinajstić information content (AvgIpc) is 2.52. The molecule has 0 bridgehead atoms. The molecule has 2 rings (SSSR count). The highest BCUT2D eigenvalue weighted by Crippen LogP contribution is 2.25. The van der Waals surface area contributed by atoms with Crippen LogP contribution >= 0.6 is 0 Å². The van der Waals surface area contributed by atoms with Crippen LogP contribution in [-0.4, -0.2) is 35.4 Å². The summed E-state index contributed by atoms with van der Waals surface area (Å²) in [6.45, 7) is 1.78. The molecule has 1 aromatic rings. The largest absolute Gasteiger partial charge is 0.508 e. The lowest BCUT2D eigenvalue weighted by atomic mass is 9.93. The van der Waals surface area contributed by atoms with Crippen LogP contribution in [0, 0.1) is 0 Å². The number of aliphatic hydroxyl groups excluding tert-OH is 1. The van der Waals surface area contributed by atoms with Gasteiger partial charge < -0.3 is 20.8 Å². The third-order valence-electron chi connectivity index (χ3n) is 3.49. The van der Waals surface area contributed by atoms with Crippen molar-refractivity contribution in [2.45, 2.75) is 24.8 Å². The first-order valence-corrected chi connectivity index (χ1v) is 6.07. The van der Waals surface area contributed by atoms with Crippen LogP contribution in [0.4, 0.5) is 5.69 Å². The lowest BCUT2D eigenvalue weighted by molar-refractivity contribution is 0.183. The Morgan fingerprint density at radius 3 is 2.82 bits per heavy atom. The molecule has 0 spiro atoms. The van der Waals surface area contributed by atoms with Crippen LogP contribution in [0.25, 0.3) is 0 Å². The van der Waals surface area contributed by atoms with E-state index in [9.17, 15) is 10.2 Å². The number of hydrogen-bond donors (Lipinski definition) is 3. The summed E-state index contributed by atoms with van der Waals surface area (Å²) < 4.78 is 0. The van der Waals surface area contributed by atoms with E-state index in [0.717, 1.165) is 38.0 Å². The normalized spacial score (nSPS) is 25.6. The number of phenols is 1. The summed E-state index contributed by atoms with van der Waals surface area (Å²) >= 11 is 0. The van der Waals surface area contributed by atoms with E-state index >= 15 is 0 Å². The number of phenolic OH excluding ortho intramolecular Hbond substituents is 1. The van der Waals surface area contributed by atoms with Gasteiger partial charge in [0.05, 0.1) is 6.61 Å². The number of benzene rings is 1. The number of aromatic hydroxyl groups is 1. The number of hydrogen-bond acceptors (Lipinski definition) is 4. The predicted molar refractivity (Wildman–Crippen MR) is 68.2 cm³/mol. The van der Waals surface area contributed by atoms with Gasteiger partial charge >= 0.3 is 0 Å². The third-order valence-corrected chi connectivity index (χ3v) is 3.49. The molecule has 0 amide bonds. The first-order valence-electron chi connectivity index (χ1n) is 6.07. The minimum atomic E-state index is -0.439. The van der Waals surface area contributed by atoms with E-state index in [1.54, 1.807) is 12.1 Å². The van der Waals surface area contributed by atoms with Crippen LogP contribution in [0.1, 0.15) is 19.3 Å². The van der Waals surface area contributed by atoms with E-state index in [4.69, 9.17) is 5.73 Å². The highest BCUT2D eigenvalue weighted by atomic mass is 16.3. The number of anilines is 1. The van der Waals surface area contributed by atoms with Gasteiger partial charge in [0.1, 0.15) is 5.75 Å². The second kappa shape index (κ2) is 4.94. The van der Waals surface area contributed by atoms with Gasteiger partial charge in [-0.05, 0) is 31.4 Å². The Kier molecular flexibility index (Phi) is 3.54. The lowest BCUT2D eigenvalue weighted by Crippen LogP contribution is -2.44. The molecule has 1 atom stereocenters. The van der Waals surface area contributed by atoms with Gasteiger partial charge in [0.15, 0.2) is 0 Å². The molecule has 1 unspecified atom stereocenters. The molecule has 0 aliphatic carbocycles. The quantitative estimate of drug-likeness (QED) is 0.718. The summed E-state index contributed by atoms with van der Waals surface area (Å²) in [7, 11) is 0. The molecular formula is C13H20N2O2. The van der Waals surface area contributed by atoms with E-state index in [2.05, 4.69) is 4.90 Å². The molecule has 1 aromatic carbocycles. The van der Waals surface area contributed by atoms with Gasteiger partial charge in [-0.2, -0.15) is 0 Å². The summed E-state index contributed by atoms with van der Waals surface area (Å²) in [6, 6.07) is 7.27. The molecule has 0 radical (unpaired) electrons. The van der Waals surface area contributed by atoms with Crippen molar-refractivity contribution in [3.05, 3.63) is 24.3 Å². The summed E-state index contributed by atoms with van der Waals surface area (Å²) in [5.41, 5.74) is 6.68. The fraction of sp³-hybridized carbons (Fsp3) is 0.538. The third kappa shape index (κ3) is 2.90. The lowest BCUT2D eigenvalue weighted by Gasteiger charge is -2.26. The first-order chi connectivity index (χ1) is 8.13. The molecule has 4 N–H and O–H groups in total. The molecule has 4 nitrogen and oxygen atoms in total. The van der Waals surface area contributed by atoms with Gasteiger partial charge in [-0.15, -0.1) is 0 Å². The number of rotatable bonds is 2. The molecule has 1 saturated heterocycles. The topological polar surface area (TPSA) is 69.7 Å². The van der Waals surface area contributed by atoms with Crippen molar-refractivity contribution < 1.29 is 10.2 Å². The van der Waals surface area contributed by atoms with E-state index in [1.165, 1.54) is 0 Å². The Hall–Kier alpha value is -1.26. The van der Waals surface area contributed by atoms with Crippen molar-refractivity contribution in [2.75, 3.05) is 24.6 Å². The molecule has 0 saturated carbocycles. The van der Waals surface area contributed by atoms with Gasteiger partial charge in [0.2, 0.25) is 0 Å². The van der Waals surface area contributed by atoms with Crippen molar-refractivity contribution in [3.63, 3.8) is 0 Å². The smallest absolute Gasteiger partial charge is 0.117 e. The number of aliphatic hydroxyl groups is 1. The summed E-state index contributed by atoms with van der Waals surface area (Å²) in [4.78, 5) is 2.21. The van der Waals surface area contributed by atoms with Crippen molar-refractivity contribution in [1.29, 1.82) is 0 Å². The van der Waals surface area contributed by atoms with E-state index in [-0.39, 0.29) is 12.4 Å². The van der Waals surface area contributed by atoms with Gasteiger partial charge in [-0.1, -0.05) is 6.07 Å². The molecule has 1 heterocycles. The molecule has 94 valence electrons. The highest BCUT2D eigenvalue weighted by Gasteiger charge is 2.27. The molecule has 1 aliphatic heterocycles. The molecule has 1 fully saturated rings. The van der Waals surface area contributed by atoms with E-state index in [1.807, 2.05) is 12.1 Å². The van der Waals surface area contributed by atoms with E-state index < -0.39 is 5.54 Å². The first kappa shape index (κ1) is 12.2. The standard InChI is InChI=1S/C13H20N2O2/c14-13(10-16)5-2-7-15(8-6-13)11-3-1-4-12(17)9-11/h1,3-4,9,16-17H,2,5-8,10,14H2. The van der Waals surface area contributed by atoms with E-state index in [0.29, 0.717) is 0 Å². The molecule has 17 heavy (non-hydrogen) atoms. The zero-order chi connectivity index (χ0) is 12.3. The summed E-state index contributed by atoms with van der Waals surface area (Å²) in [5, 5.41) is 18.8. The average molecular weight is 236 g/mol. The molecule has 4 heteroatoms. The maximum atomic E-state index is 9.47. The maximum Gasteiger partial charge on any atom is 0.117 e. The molecule has 0 aromatic heterocycles. The minimum absolute atomic E-state index is 0.0425. The SMILES string of the molecule is NC1(CO)CCCN(c2cccc(O)c2)CC1. The van der Waals surface area contributed by atoms with Gasteiger partial charge in [-0.3, -0.25) is 0 Å². The van der Waals surface area contributed by atoms with Crippen LogP contribution in [0.5, 0.6) is 5.75 Å². The zero-order valence-corrected chi connectivity index (χ0v) is 9.97. The minimum Gasteiger partial charge on any atom is -0.508 e. The molecule has 1 aliphatic rings. The fourth-order valence-electron chi connectivity index (χ4n) is 2.32. The Morgan fingerprint density at radius 1 is 1.29 bits per heavy atom. The van der Waals surface area contributed by atoms with Crippen molar-refractivity contribution in [2.24, 2.45) is 5.73 Å². The molecular weight excluding hydrogens is 216 g/mol. The Labute approximate surface area is 102 Å². The van der Waals surface area contributed by atoms with Crippen LogP contribution in [0.2, 0.25) is 0 Å².